The van der Waals surface area contributed by atoms with Gasteiger partial charge in [-0.1, -0.05) is 24.3 Å². The van der Waals surface area contributed by atoms with Crippen LogP contribution in [0.3, 0.4) is 0 Å². The third-order valence-electron chi connectivity index (χ3n) is 2.69. The Labute approximate surface area is 129 Å². The second-order valence-corrected chi connectivity index (χ2v) is 4.10. The Balaban J connectivity index is 0.000000283. The Morgan fingerprint density at radius 1 is 1.15 bits per heavy atom. The molecular weight excluding hydrogens is 292 g/mol. The Bertz CT molecular complexity index is 520. The summed E-state index contributed by atoms with van der Waals surface area (Å²) in [6, 6.07) is 11.9. The van der Waals surface area contributed by atoms with E-state index in [1.807, 2.05) is 66.9 Å². The largest absolute Gasteiger partial charge is 0.512 e. The molecule has 20 heavy (non-hydrogen) atoms. The van der Waals surface area contributed by atoms with E-state index in [1.54, 1.807) is 10.9 Å². The molecule has 1 aliphatic rings. The summed E-state index contributed by atoms with van der Waals surface area (Å²) in [5.74, 6) is 0.422. The predicted molar refractivity (Wildman–Crippen MR) is 76.8 cm³/mol. The minimum Gasteiger partial charge on any atom is -0.512 e. The smallest absolute Gasteiger partial charge is 0.101 e. The van der Waals surface area contributed by atoms with Crippen LogP contribution in [0.1, 0.15) is 6.42 Å². The molecule has 4 heteroatoms. The molecule has 0 fully saturated rings. The van der Waals surface area contributed by atoms with Crippen LogP contribution in [0.5, 0.6) is 0 Å². The van der Waals surface area contributed by atoms with E-state index in [1.165, 1.54) is 0 Å². The summed E-state index contributed by atoms with van der Waals surface area (Å²) >= 11 is 0. The fraction of sp³-hybridized carbons (Fsp3) is 0.125. The van der Waals surface area contributed by atoms with E-state index < -0.39 is 0 Å². The first-order chi connectivity index (χ1) is 9.36. The van der Waals surface area contributed by atoms with Crippen molar-refractivity contribution in [1.82, 2.24) is 9.78 Å². The molecule has 0 aliphatic heterocycles. The van der Waals surface area contributed by atoms with E-state index >= 15 is 0 Å². The summed E-state index contributed by atoms with van der Waals surface area (Å²) < 4.78 is 1.80. The molecule has 0 radical (unpaired) electrons. The molecule has 106 valence electrons. The van der Waals surface area contributed by atoms with Crippen LogP contribution in [0, 0.1) is 0 Å². The van der Waals surface area contributed by atoms with E-state index in [4.69, 9.17) is 0 Å². The van der Waals surface area contributed by atoms with Crippen LogP contribution in [0.15, 0.2) is 84.4 Å². The van der Waals surface area contributed by atoms with Gasteiger partial charge in [-0.3, -0.25) is 4.68 Å². The van der Waals surface area contributed by atoms with Gasteiger partial charge in [0, 0.05) is 48.0 Å². The van der Waals surface area contributed by atoms with Crippen LogP contribution in [-0.4, -0.2) is 14.9 Å². The number of aryl methyl sites for hydroxylation is 1. The maximum Gasteiger partial charge on any atom is 0.101 e. The molecule has 1 aliphatic carbocycles. The van der Waals surface area contributed by atoms with Crippen molar-refractivity contribution in [2.45, 2.75) is 13.0 Å². The van der Waals surface area contributed by atoms with Gasteiger partial charge in [0.2, 0.25) is 0 Å². The number of nitrogens with zero attached hydrogens (tertiary/aromatic N) is 2. The number of aliphatic hydroxyl groups is 1. The molecule has 1 aromatic carbocycles. The number of hydrogen-bond donors (Lipinski definition) is 1. The van der Waals surface area contributed by atoms with Gasteiger partial charge in [-0.15, -0.1) is 0 Å². The predicted octanol–water partition coefficient (Wildman–Crippen LogP) is 3.61. The monoisotopic (exact) mass is 309 g/mol. The van der Waals surface area contributed by atoms with Crippen molar-refractivity contribution in [2.24, 2.45) is 0 Å². The molecule has 0 saturated heterocycles. The SMILES string of the molecule is OC(CCn1cccn1)=C1C=CC=C1.[Fe].c1cc[cH-]c1. The third kappa shape index (κ3) is 5.39. The van der Waals surface area contributed by atoms with Crippen molar-refractivity contribution < 1.29 is 22.2 Å². The maximum atomic E-state index is 9.68. The van der Waals surface area contributed by atoms with Gasteiger partial charge in [-0.25, -0.2) is 12.1 Å². The van der Waals surface area contributed by atoms with E-state index in [2.05, 4.69) is 5.10 Å². The molecule has 0 bridgehead atoms. The van der Waals surface area contributed by atoms with Crippen LogP contribution >= 0.6 is 0 Å². The number of allylic oxidation sites excluding steroid dienone is 6. The second-order valence-electron chi connectivity index (χ2n) is 4.10. The van der Waals surface area contributed by atoms with Crippen molar-refractivity contribution in [2.75, 3.05) is 0 Å². The van der Waals surface area contributed by atoms with Gasteiger partial charge < -0.3 is 5.11 Å². The van der Waals surface area contributed by atoms with Gasteiger partial charge >= 0.3 is 0 Å². The third-order valence-corrected chi connectivity index (χ3v) is 2.69. The Kier molecular flexibility index (Phi) is 7.33. The second kappa shape index (κ2) is 9.07. The first-order valence-corrected chi connectivity index (χ1v) is 6.27. The first-order valence-electron chi connectivity index (χ1n) is 6.27. The topological polar surface area (TPSA) is 38.0 Å². The zero-order valence-corrected chi connectivity index (χ0v) is 12.1. The molecule has 1 N–H and O–H groups in total. The number of rotatable bonds is 3. The maximum absolute atomic E-state index is 9.68. The van der Waals surface area contributed by atoms with Crippen LogP contribution < -0.4 is 0 Å². The fourth-order valence-electron chi connectivity index (χ4n) is 1.68. The minimum absolute atomic E-state index is 0. The van der Waals surface area contributed by atoms with Gasteiger partial charge in [0.15, 0.2) is 0 Å². The van der Waals surface area contributed by atoms with Gasteiger partial charge in [0.25, 0.3) is 0 Å². The van der Waals surface area contributed by atoms with Crippen molar-refractivity contribution in [3.8, 4) is 0 Å². The Morgan fingerprint density at radius 3 is 2.35 bits per heavy atom. The van der Waals surface area contributed by atoms with E-state index in [0.717, 1.165) is 5.57 Å². The molecule has 3 rings (SSSR count). The Hall–Kier alpha value is -1.90. The van der Waals surface area contributed by atoms with Gasteiger partial charge in [0.05, 0.1) is 0 Å². The molecule has 0 spiro atoms. The Morgan fingerprint density at radius 2 is 1.85 bits per heavy atom. The van der Waals surface area contributed by atoms with Crippen LogP contribution in [0.2, 0.25) is 0 Å². The summed E-state index contributed by atoms with van der Waals surface area (Å²) in [6.07, 6.45) is 11.9. The van der Waals surface area contributed by atoms with E-state index in [0.29, 0.717) is 18.7 Å². The van der Waals surface area contributed by atoms with Crippen LogP contribution in [0.4, 0.5) is 0 Å². The summed E-state index contributed by atoms with van der Waals surface area (Å²) in [4.78, 5) is 0. The molecule has 0 unspecified atom stereocenters. The number of aromatic nitrogens is 2. The molecule has 1 aromatic heterocycles. The number of hydrogen-bond acceptors (Lipinski definition) is 2. The standard InChI is InChI=1S/C11H12N2O.C5H5.Fe/c14-11(10-4-1-2-5-10)6-9-13-8-3-7-12-13;1-2-4-5-3-1;/h1-5,7-8,14H,6,9H2;1-5H;/q;-1;. The normalized spacial score (nSPS) is 11.7. The summed E-state index contributed by atoms with van der Waals surface area (Å²) in [5.41, 5.74) is 0.900. The molecule has 3 nitrogen and oxygen atoms in total. The quantitative estimate of drug-likeness (QED) is 0.534. The molecule has 1 heterocycles. The molecule has 0 atom stereocenters. The van der Waals surface area contributed by atoms with Crippen molar-refractivity contribution in [3.63, 3.8) is 0 Å². The first kappa shape index (κ1) is 16.2. The fourth-order valence-corrected chi connectivity index (χ4v) is 1.68. The van der Waals surface area contributed by atoms with E-state index in [-0.39, 0.29) is 17.1 Å². The van der Waals surface area contributed by atoms with Crippen molar-refractivity contribution in [3.05, 3.63) is 84.4 Å². The number of aliphatic hydroxyl groups excluding tert-OH is 1. The zero-order valence-electron chi connectivity index (χ0n) is 11.0. The van der Waals surface area contributed by atoms with Gasteiger partial charge in [0.1, 0.15) is 5.76 Å². The van der Waals surface area contributed by atoms with Crippen LogP contribution in [-0.2, 0) is 23.6 Å². The average Bonchev–Trinajstić information content (AvgIpc) is 3.21. The zero-order chi connectivity index (χ0) is 13.3. The summed E-state index contributed by atoms with van der Waals surface area (Å²) in [5, 5.41) is 13.7. The average molecular weight is 309 g/mol. The summed E-state index contributed by atoms with van der Waals surface area (Å²) in [6.45, 7) is 0.712. The van der Waals surface area contributed by atoms with Gasteiger partial charge in [-0.05, 0) is 6.07 Å². The molecule has 2 aromatic rings. The van der Waals surface area contributed by atoms with Crippen LogP contribution in [0.25, 0.3) is 0 Å². The minimum atomic E-state index is 0. The molecular formula is C16H17FeN2O-. The van der Waals surface area contributed by atoms with Crippen molar-refractivity contribution in [1.29, 1.82) is 0 Å². The molecule has 0 saturated carbocycles. The van der Waals surface area contributed by atoms with Gasteiger partial charge in [-0.2, -0.15) is 23.3 Å². The van der Waals surface area contributed by atoms with E-state index in [9.17, 15) is 5.11 Å². The molecule has 0 amide bonds. The summed E-state index contributed by atoms with van der Waals surface area (Å²) in [7, 11) is 0. The van der Waals surface area contributed by atoms with Crippen molar-refractivity contribution >= 4 is 0 Å².